The van der Waals surface area contributed by atoms with Gasteiger partial charge in [-0.25, -0.2) is 9.78 Å². The van der Waals surface area contributed by atoms with Crippen LogP contribution in [0.2, 0.25) is 0 Å². The average Bonchev–Trinajstić information content (AvgIpc) is 2.49. The summed E-state index contributed by atoms with van der Waals surface area (Å²) in [5, 5.41) is 0. The Kier molecular flexibility index (Phi) is 4.30. The van der Waals surface area contributed by atoms with E-state index in [1.54, 1.807) is 6.20 Å². The molecule has 0 radical (unpaired) electrons. The second-order valence-corrected chi connectivity index (χ2v) is 4.33. The van der Waals surface area contributed by atoms with E-state index in [-0.39, 0.29) is 5.69 Å². The molecule has 1 heterocycles. The summed E-state index contributed by atoms with van der Waals surface area (Å²) in [5.74, 6) is 0.138. The minimum absolute atomic E-state index is 0.204. The van der Waals surface area contributed by atoms with Crippen molar-refractivity contribution in [2.75, 3.05) is 18.6 Å². The summed E-state index contributed by atoms with van der Waals surface area (Å²) in [6.45, 7) is 4.78. The fourth-order valence-corrected chi connectivity index (χ4v) is 1.89. The number of carbonyl (C=O) groups is 1. The number of esters is 1. The summed E-state index contributed by atoms with van der Waals surface area (Å²) in [7, 11) is 1.33. The van der Waals surface area contributed by atoms with Gasteiger partial charge in [0.1, 0.15) is 0 Å². The maximum absolute atomic E-state index is 11.5. The predicted octanol–water partition coefficient (Wildman–Crippen LogP) is 2.73. The van der Waals surface area contributed by atoms with E-state index in [1.807, 2.05) is 43.0 Å². The molecule has 104 valence electrons. The number of benzene rings is 1. The molecule has 1 aromatic heterocycles. The van der Waals surface area contributed by atoms with Crippen LogP contribution in [-0.4, -0.2) is 29.6 Å². The first-order valence-electron chi connectivity index (χ1n) is 6.40. The van der Waals surface area contributed by atoms with Gasteiger partial charge in [0.05, 0.1) is 19.5 Å². The lowest BCUT2D eigenvalue weighted by atomic mass is 10.2. The number of aryl methyl sites for hydroxylation is 1. The molecule has 0 unspecified atom stereocenters. The fourth-order valence-electron chi connectivity index (χ4n) is 1.89. The zero-order chi connectivity index (χ0) is 14.5. The van der Waals surface area contributed by atoms with E-state index in [0.29, 0.717) is 5.82 Å². The van der Waals surface area contributed by atoms with Crippen LogP contribution >= 0.6 is 0 Å². The molecule has 5 nitrogen and oxygen atoms in total. The average molecular weight is 271 g/mol. The maximum Gasteiger partial charge on any atom is 0.358 e. The van der Waals surface area contributed by atoms with Crippen LogP contribution in [0.25, 0.3) is 0 Å². The molecule has 1 aromatic carbocycles. The van der Waals surface area contributed by atoms with Gasteiger partial charge in [-0.15, -0.1) is 0 Å². The highest BCUT2D eigenvalue weighted by Gasteiger charge is 2.13. The number of hydrogen-bond donors (Lipinski definition) is 0. The van der Waals surface area contributed by atoms with Crippen molar-refractivity contribution >= 4 is 17.5 Å². The Morgan fingerprint density at radius 1 is 1.25 bits per heavy atom. The molecule has 0 aliphatic heterocycles. The van der Waals surface area contributed by atoms with Gasteiger partial charge in [0.15, 0.2) is 11.5 Å². The number of anilines is 2. The SMILES string of the molecule is CCN(c1ccc(C)cc1)c1cncc(C(=O)OC)n1. The molecule has 20 heavy (non-hydrogen) atoms. The van der Waals surface area contributed by atoms with Crippen molar-refractivity contribution in [2.45, 2.75) is 13.8 Å². The van der Waals surface area contributed by atoms with Crippen molar-refractivity contribution in [2.24, 2.45) is 0 Å². The minimum Gasteiger partial charge on any atom is -0.464 e. The van der Waals surface area contributed by atoms with Crippen molar-refractivity contribution in [1.82, 2.24) is 9.97 Å². The molecule has 2 rings (SSSR count). The number of rotatable bonds is 4. The zero-order valence-corrected chi connectivity index (χ0v) is 11.8. The van der Waals surface area contributed by atoms with E-state index >= 15 is 0 Å². The summed E-state index contributed by atoms with van der Waals surface area (Å²) in [6.07, 6.45) is 3.04. The monoisotopic (exact) mass is 271 g/mol. The normalized spacial score (nSPS) is 10.2. The second kappa shape index (κ2) is 6.14. The molecule has 5 heteroatoms. The molecule has 0 saturated carbocycles. The fraction of sp³-hybridized carbons (Fsp3) is 0.267. The van der Waals surface area contributed by atoms with Crippen LogP contribution in [0, 0.1) is 6.92 Å². The van der Waals surface area contributed by atoms with Crippen molar-refractivity contribution in [3.05, 3.63) is 47.9 Å². The molecule has 0 atom stereocenters. The van der Waals surface area contributed by atoms with Crippen molar-refractivity contribution in [3.8, 4) is 0 Å². The summed E-state index contributed by atoms with van der Waals surface area (Å²) < 4.78 is 4.67. The molecule has 0 spiro atoms. The van der Waals surface area contributed by atoms with Gasteiger partial charge < -0.3 is 9.64 Å². The minimum atomic E-state index is -0.487. The van der Waals surface area contributed by atoms with Crippen LogP contribution in [0.4, 0.5) is 11.5 Å². The van der Waals surface area contributed by atoms with E-state index in [1.165, 1.54) is 18.9 Å². The molecule has 0 N–H and O–H groups in total. The highest BCUT2D eigenvalue weighted by Crippen LogP contribution is 2.23. The molecule has 0 bridgehead atoms. The van der Waals surface area contributed by atoms with Crippen LogP contribution in [0.15, 0.2) is 36.7 Å². The summed E-state index contributed by atoms with van der Waals surface area (Å²) in [5.41, 5.74) is 2.41. The van der Waals surface area contributed by atoms with Crippen molar-refractivity contribution < 1.29 is 9.53 Å². The van der Waals surface area contributed by atoms with E-state index in [0.717, 1.165) is 12.2 Å². The molecule has 0 amide bonds. The lowest BCUT2D eigenvalue weighted by molar-refractivity contribution is 0.0593. The Balaban J connectivity index is 2.36. The van der Waals surface area contributed by atoms with Crippen LogP contribution in [-0.2, 0) is 4.74 Å². The zero-order valence-electron chi connectivity index (χ0n) is 11.8. The largest absolute Gasteiger partial charge is 0.464 e. The topological polar surface area (TPSA) is 55.3 Å². The van der Waals surface area contributed by atoms with E-state index in [9.17, 15) is 4.79 Å². The summed E-state index contributed by atoms with van der Waals surface area (Å²) >= 11 is 0. The van der Waals surface area contributed by atoms with Crippen LogP contribution in [0.5, 0.6) is 0 Å². The highest BCUT2D eigenvalue weighted by molar-refractivity contribution is 5.87. The van der Waals surface area contributed by atoms with Gasteiger partial charge in [0.2, 0.25) is 0 Å². The summed E-state index contributed by atoms with van der Waals surface area (Å²) in [6, 6.07) is 8.11. The third kappa shape index (κ3) is 2.93. The number of methoxy groups -OCH3 is 1. The third-order valence-corrected chi connectivity index (χ3v) is 2.95. The molecule has 0 fully saturated rings. The number of carbonyl (C=O) groups excluding carboxylic acids is 1. The molecule has 0 saturated heterocycles. The second-order valence-electron chi connectivity index (χ2n) is 4.33. The van der Waals surface area contributed by atoms with Gasteiger partial charge in [0.25, 0.3) is 0 Å². The van der Waals surface area contributed by atoms with Crippen LogP contribution < -0.4 is 4.90 Å². The smallest absolute Gasteiger partial charge is 0.358 e. The van der Waals surface area contributed by atoms with Gasteiger partial charge in [-0.1, -0.05) is 17.7 Å². The third-order valence-electron chi connectivity index (χ3n) is 2.95. The van der Waals surface area contributed by atoms with Crippen LogP contribution in [0.1, 0.15) is 23.0 Å². The molecular weight excluding hydrogens is 254 g/mol. The van der Waals surface area contributed by atoms with Gasteiger partial charge in [0, 0.05) is 12.2 Å². The van der Waals surface area contributed by atoms with E-state index < -0.39 is 5.97 Å². The van der Waals surface area contributed by atoms with E-state index in [2.05, 4.69) is 14.7 Å². The first kappa shape index (κ1) is 14.0. The number of nitrogens with zero attached hydrogens (tertiary/aromatic N) is 3. The molecular formula is C15H17N3O2. The number of aromatic nitrogens is 2. The van der Waals surface area contributed by atoms with Crippen molar-refractivity contribution in [1.29, 1.82) is 0 Å². The Morgan fingerprint density at radius 2 is 1.95 bits per heavy atom. The summed E-state index contributed by atoms with van der Waals surface area (Å²) in [4.78, 5) is 21.9. The Morgan fingerprint density at radius 3 is 2.55 bits per heavy atom. The molecule has 2 aromatic rings. The maximum atomic E-state index is 11.5. The number of hydrogen-bond acceptors (Lipinski definition) is 5. The standard InChI is InChI=1S/C15H17N3O2/c1-4-18(12-7-5-11(2)6-8-12)14-10-16-9-13(17-14)15(19)20-3/h5-10H,4H2,1-3H3. The van der Waals surface area contributed by atoms with Gasteiger partial charge >= 0.3 is 5.97 Å². The number of ether oxygens (including phenoxy) is 1. The Hall–Kier alpha value is -2.43. The predicted molar refractivity (Wildman–Crippen MR) is 77.2 cm³/mol. The lowest BCUT2D eigenvalue weighted by Gasteiger charge is -2.22. The first-order valence-corrected chi connectivity index (χ1v) is 6.40. The van der Waals surface area contributed by atoms with E-state index in [4.69, 9.17) is 0 Å². The molecule has 0 aliphatic rings. The lowest BCUT2D eigenvalue weighted by Crippen LogP contribution is -2.19. The highest BCUT2D eigenvalue weighted by atomic mass is 16.5. The van der Waals surface area contributed by atoms with Gasteiger partial charge in [-0.2, -0.15) is 0 Å². The van der Waals surface area contributed by atoms with Crippen molar-refractivity contribution in [3.63, 3.8) is 0 Å². The Bertz CT molecular complexity index is 596. The van der Waals surface area contributed by atoms with Gasteiger partial charge in [-0.05, 0) is 26.0 Å². The molecule has 0 aliphatic carbocycles. The first-order chi connectivity index (χ1) is 9.65. The Labute approximate surface area is 118 Å². The van der Waals surface area contributed by atoms with Crippen LogP contribution in [0.3, 0.4) is 0 Å². The quantitative estimate of drug-likeness (QED) is 0.800. The van der Waals surface area contributed by atoms with Gasteiger partial charge in [-0.3, -0.25) is 4.98 Å².